The largest absolute Gasteiger partial charge is 0.255 e. The van der Waals surface area contributed by atoms with Crippen LogP contribution in [0.5, 0.6) is 0 Å². The van der Waals surface area contributed by atoms with Crippen LogP contribution in [0.4, 0.5) is 0 Å². The fraction of sp³-hybridized carbons (Fsp3) is 0.800. The third kappa shape index (κ3) is 1.29. The lowest BCUT2D eigenvalue weighted by Gasteiger charge is -2.30. The molecule has 0 radical (unpaired) electrons. The molecule has 0 amide bonds. The Labute approximate surface area is 74.6 Å². The zero-order valence-corrected chi connectivity index (χ0v) is 7.84. The van der Waals surface area contributed by atoms with Crippen LogP contribution in [0.25, 0.3) is 0 Å². The molecule has 1 N–H and O–H groups in total. The second kappa shape index (κ2) is 3.19. The average molecular weight is 166 g/mol. The first-order valence-electron chi connectivity index (χ1n) is 4.98. The molecule has 0 spiro atoms. The van der Waals surface area contributed by atoms with Crippen LogP contribution < -0.4 is 5.43 Å². The Morgan fingerprint density at radius 2 is 2.50 bits per heavy atom. The van der Waals surface area contributed by atoms with Crippen molar-refractivity contribution in [3.63, 3.8) is 0 Å². The molecule has 2 rings (SSSR count). The summed E-state index contributed by atoms with van der Waals surface area (Å²) < 4.78 is 0. The Hall–Kier alpha value is -0.340. The van der Waals surface area contributed by atoms with E-state index in [4.69, 9.17) is 0 Å². The van der Waals surface area contributed by atoms with Crippen molar-refractivity contribution < 1.29 is 0 Å². The van der Waals surface area contributed by atoms with Crippen molar-refractivity contribution in [2.45, 2.75) is 32.2 Å². The van der Waals surface area contributed by atoms with Crippen LogP contribution in [-0.4, -0.2) is 24.1 Å². The summed E-state index contributed by atoms with van der Waals surface area (Å²) in [5.74, 6) is 0.839. The van der Waals surface area contributed by atoms with Crippen molar-refractivity contribution in [2.24, 2.45) is 5.92 Å². The van der Waals surface area contributed by atoms with E-state index in [1.807, 2.05) is 0 Å². The zero-order chi connectivity index (χ0) is 8.55. The number of allylic oxidation sites excluding steroid dienone is 1. The maximum Gasteiger partial charge on any atom is 0.0290 e. The highest BCUT2D eigenvalue weighted by Gasteiger charge is 2.35. The molecule has 0 aromatic heterocycles. The third-order valence-corrected chi connectivity index (χ3v) is 3.19. The molecule has 2 atom stereocenters. The van der Waals surface area contributed by atoms with Crippen molar-refractivity contribution in [3.05, 3.63) is 12.2 Å². The summed E-state index contributed by atoms with van der Waals surface area (Å²) in [5, 5.41) is 2.40. The minimum absolute atomic E-state index is 0.792. The second-order valence-corrected chi connectivity index (χ2v) is 3.97. The second-order valence-electron chi connectivity index (χ2n) is 3.97. The number of fused-ring (bicyclic) bond motifs is 1. The summed E-state index contributed by atoms with van der Waals surface area (Å²) in [4.78, 5) is 0. The van der Waals surface area contributed by atoms with Gasteiger partial charge < -0.3 is 0 Å². The quantitative estimate of drug-likeness (QED) is 0.595. The highest BCUT2D eigenvalue weighted by Crippen LogP contribution is 2.33. The molecule has 2 nitrogen and oxygen atoms in total. The Bertz CT molecular complexity index is 188. The lowest BCUT2D eigenvalue weighted by Crippen LogP contribution is -2.39. The number of nitrogens with zero attached hydrogens (tertiary/aromatic N) is 1. The van der Waals surface area contributed by atoms with E-state index in [-0.39, 0.29) is 0 Å². The molecule has 1 aliphatic carbocycles. The summed E-state index contributed by atoms with van der Waals surface area (Å²) in [5.41, 5.74) is 4.92. The number of hydrazine groups is 1. The minimum Gasteiger partial charge on any atom is -0.255 e. The number of hydrogen-bond donors (Lipinski definition) is 1. The van der Waals surface area contributed by atoms with Crippen molar-refractivity contribution in [2.75, 3.05) is 13.1 Å². The van der Waals surface area contributed by atoms with E-state index in [0.717, 1.165) is 25.0 Å². The molecule has 0 bridgehead atoms. The zero-order valence-electron chi connectivity index (χ0n) is 7.84. The molecule has 2 unspecified atom stereocenters. The van der Waals surface area contributed by atoms with Crippen LogP contribution in [0.3, 0.4) is 0 Å². The molecular formula is C10H18N2. The van der Waals surface area contributed by atoms with Gasteiger partial charge in [0.25, 0.3) is 0 Å². The minimum atomic E-state index is 0.792. The van der Waals surface area contributed by atoms with Crippen molar-refractivity contribution >= 4 is 0 Å². The summed E-state index contributed by atoms with van der Waals surface area (Å²) >= 11 is 0. The van der Waals surface area contributed by atoms with E-state index < -0.39 is 0 Å². The fourth-order valence-corrected chi connectivity index (χ4v) is 2.51. The Kier molecular flexibility index (Phi) is 2.20. The smallest absolute Gasteiger partial charge is 0.0290 e. The highest BCUT2D eigenvalue weighted by atomic mass is 15.5. The maximum absolute atomic E-state index is 4.08. The molecule has 68 valence electrons. The van der Waals surface area contributed by atoms with Gasteiger partial charge in [-0.05, 0) is 25.2 Å². The third-order valence-electron chi connectivity index (χ3n) is 3.19. The van der Waals surface area contributed by atoms with E-state index >= 15 is 0 Å². The van der Waals surface area contributed by atoms with E-state index in [1.54, 1.807) is 0 Å². The first kappa shape index (κ1) is 8.27. The van der Waals surface area contributed by atoms with Gasteiger partial charge in [0.2, 0.25) is 0 Å². The molecule has 12 heavy (non-hydrogen) atoms. The van der Waals surface area contributed by atoms with Crippen molar-refractivity contribution in [1.29, 1.82) is 0 Å². The standard InChI is InChI=1S/C10H18N2/c1-3-12-10-5-4-8(2)6-9(10)7-11-12/h9-11H,2-7H2,1H3. The van der Waals surface area contributed by atoms with Gasteiger partial charge in [-0.1, -0.05) is 19.1 Å². The molecule has 2 aliphatic rings. The summed E-state index contributed by atoms with van der Waals surface area (Å²) in [7, 11) is 0. The normalized spacial score (nSPS) is 36.9. The highest BCUT2D eigenvalue weighted by molar-refractivity contribution is 5.05. The van der Waals surface area contributed by atoms with Crippen LogP contribution in [0.15, 0.2) is 12.2 Å². The van der Waals surface area contributed by atoms with E-state index in [0.29, 0.717) is 0 Å². The van der Waals surface area contributed by atoms with Gasteiger partial charge in [-0.2, -0.15) is 0 Å². The van der Waals surface area contributed by atoms with Gasteiger partial charge in [0.15, 0.2) is 0 Å². The first-order valence-corrected chi connectivity index (χ1v) is 4.98. The van der Waals surface area contributed by atoms with Crippen LogP contribution in [0.2, 0.25) is 0 Å². The predicted molar refractivity (Wildman–Crippen MR) is 50.7 cm³/mol. The molecule has 1 heterocycles. The van der Waals surface area contributed by atoms with Crippen LogP contribution in [0.1, 0.15) is 26.2 Å². The van der Waals surface area contributed by atoms with Gasteiger partial charge in [0.1, 0.15) is 0 Å². The summed E-state index contributed by atoms with van der Waals surface area (Å²) in [6, 6.07) is 0.792. The van der Waals surface area contributed by atoms with Crippen LogP contribution in [-0.2, 0) is 0 Å². The average Bonchev–Trinajstić information content (AvgIpc) is 2.46. The molecular weight excluding hydrogens is 148 g/mol. The van der Waals surface area contributed by atoms with Crippen LogP contribution in [0, 0.1) is 5.92 Å². The van der Waals surface area contributed by atoms with Gasteiger partial charge in [0.05, 0.1) is 0 Å². The Balaban J connectivity index is 2.02. The molecule has 1 saturated carbocycles. The topological polar surface area (TPSA) is 15.3 Å². The molecule has 1 saturated heterocycles. The number of hydrogen-bond acceptors (Lipinski definition) is 2. The molecule has 2 heteroatoms. The maximum atomic E-state index is 4.08. The lowest BCUT2D eigenvalue weighted by molar-refractivity contribution is 0.164. The fourth-order valence-electron chi connectivity index (χ4n) is 2.51. The Morgan fingerprint density at radius 1 is 1.67 bits per heavy atom. The molecule has 0 aromatic rings. The van der Waals surface area contributed by atoms with Gasteiger partial charge >= 0.3 is 0 Å². The SMILES string of the molecule is C=C1CCC2C(CNN2CC)C1. The van der Waals surface area contributed by atoms with E-state index in [9.17, 15) is 0 Å². The monoisotopic (exact) mass is 166 g/mol. The number of nitrogens with one attached hydrogen (secondary N) is 1. The Morgan fingerprint density at radius 3 is 3.25 bits per heavy atom. The van der Waals surface area contributed by atoms with Crippen LogP contribution >= 0.6 is 0 Å². The molecule has 2 fully saturated rings. The van der Waals surface area contributed by atoms with Gasteiger partial charge in [0, 0.05) is 19.1 Å². The number of rotatable bonds is 1. The lowest BCUT2D eigenvalue weighted by atomic mass is 9.83. The predicted octanol–water partition coefficient (Wildman–Crippen LogP) is 1.55. The van der Waals surface area contributed by atoms with E-state index in [2.05, 4.69) is 23.9 Å². The van der Waals surface area contributed by atoms with Gasteiger partial charge in [-0.3, -0.25) is 5.43 Å². The first-order chi connectivity index (χ1) is 5.81. The summed E-state index contributed by atoms with van der Waals surface area (Å²) in [6.07, 6.45) is 3.79. The molecule has 1 aliphatic heterocycles. The van der Waals surface area contributed by atoms with E-state index in [1.165, 1.54) is 24.8 Å². The van der Waals surface area contributed by atoms with Gasteiger partial charge in [-0.15, -0.1) is 0 Å². The van der Waals surface area contributed by atoms with Gasteiger partial charge in [-0.25, -0.2) is 5.01 Å². The summed E-state index contributed by atoms with van der Waals surface area (Å²) in [6.45, 7) is 8.60. The van der Waals surface area contributed by atoms with Crippen molar-refractivity contribution in [3.8, 4) is 0 Å². The molecule has 0 aromatic carbocycles. The van der Waals surface area contributed by atoms with Crippen molar-refractivity contribution in [1.82, 2.24) is 10.4 Å².